The first-order valence-corrected chi connectivity index (χ1v) is 5.54. The van der Waals surface area contributed by atoms with E-state index in [0.29, 0.717) is 5.69 Å². The fraction of sp³-hybridized carbons (Fsp3) is 0.375. The van der Waals surface area contributed by atoms with Crippen LogP contribution in [-0.4, -0.2) is 33.5 Å². The van der Waals surface area contributed by atoms with Crippen LogP contribution in [0, 0.1) is 0 Å². The van der Waals surface area contributed by atoms with Crippen LogP contribution in [0.1, 0.15) is 0 Å². The van der Waals surface area contributed by atoms with Gasteiger partial charge in [0.25, 0.3) is 10.0 Å². The van der Waals surface area contributed by atoms with Gasteiger partial charge in [-0.25, -0.2) is 8.42 Å². The van der Waals surface area contributed by atoms with E-state index in [1.54, 1.807) is 18.3 Å². The number of aromatic nitrogens is 1. The topological polar surface area (TPSA) is 59.5 Å². The summed E-state index contributed by atoms with van der Waals surface area (Å²) in [6.45, 7) is 0. The maximum absolute atomic E-state index is 11.5. The van der Waals surface area contributed by atoms with E-state index in [4.69, 9.17) is 0 Å². The Morgan fingerprint density at radius 3 is 2.79 bits per heavy atom. The Morgan fingerprint density at radius 1 is 1.57 bits per heavy atom. The number of anilines is 1. The molecular formula is C8H12N2O3S. The van der Waals surface area contributed by atoms with Gasteiger partial charge in [0.1, 0.15) is 0 Å². The highest BCUT2D eigenvalue weighted by atomic mass is 32.2. The maximum Gasteiger partial charge on any atom is 0.259 e. The van der Waals surface area contributed by atoms with Gasteiger partial charge in [-0.15, -0.1) is 0 Å². The van der Waals surface area contributed by atoms with Crippen molar-refractivity contribution in [2.24, 2.45) is 0 Å². The van der Waals surface area contributed by atoms with E-state index < -0.39 is 10.0 Å². The molecule has 0 radical (unpaired) electrons. The zero-order valence-electron chi connectivity index (χ0n) is 8.04. The molecule has 5 nitrogen and oxygen atoms in total. The van der Waals surface area contributed by atoms with Gasteiger partial charge in [0.05, 0.1) is 11.9 Å². The van der Waals surface area contributed by atoms with Crippen LogP contribution < -0.4 is 4.31 Å². The minimum Gasteiger partial charge on any atom is -0.367 e. The molecular weight excluding hydrogens is 204 g/mol. The molecule has 1 aromatic heterocycles. The Morgan fingerprint density at radius 2 is 2.29 bits per heavy atom. The molecule has 1 heterocycles. The summed E-state index contributed by atoms with van der Waals surface area (Å²) < 4.78 is 28.7. The van der Waals surface area contributed by atoms with Crippen LogP contribution >= 0.6 is 0 Å². The van der Waals surface area contributed by atoms with Crippen molar-refractivity contribution in [1.29, 1.82) is 0 Å². The van der Waals surface area contributed by atoms with E-state index in [2.05, 4.69) is 9.72 Å². The Labute approximate surface area is 83.4 Å². The predicted molar refractivity (Wildman–Crippen MR) is 53.4 cm³/mol. The molecule has 0 amide bonds. The second-order valence-electron chi connectivity index (χ2n) is 2.70. The third-order valence-electron chi connectivity index (χ3n) is 1.69. The second-order valence-corrected chi connectivity index (χ2v) is 4.64. The van der Waals surface area contributed by atoms with Crippen molar-refractivity contribution in [3.8, 4) is 0 Å². The summed E-state index contributed by atoms with van der Waals surface area (Å²) in [4.78, 5) is 3.83. The van der Waals surface area contributed by atoms with Gasteiger partial charge in [-0.05, 0) is 12.1 Å². The van der Waals surface area contributed by atoms with E-state index in [9.17, 15) is 8.42 Å². The molecule has 0 aliphatic rings. The SMILES string of the molecule is COCS(=O)(=O)N(C)c1cccnc1. The largest absolute Gasteiger partial charge is 0.367 e. The van der Waals surface area contributed by atoms with Gasteiger partial charge in [-0.2, -0.15) is 0 Å². The molecule has 6 heteroatoms. The molecule has 0 aliphatic carbocycles. The van der Waals surface area contributed by atoms with Crippen molar-refractivity contribution < 1.29 is 13.2 Å². The fourth-order valence-electron chi connectivity index (χ4n) is 0.929. The summed E-state index contributed by atoms with van der Waals surface area (Å²) >= 11 is 0. The van der Waals surface area contributed by atoms with E-state index >= 15 is 0 Å². The fourth-order valence-corrected chi connectivity index (χ4v) is 1.81. The monoisotopic (exact) mass is 216 g/mol. The first kappa shape index (κ1) is 10.9. The Hall–Kier alpha value is -1.14. The molecule has 14 heavy (non-hydrogen) atoms. The van der Waals surface area contributed by atoms with E-state index in [0.717, 1.165) is 4.31 Å². The summed E-state index contributed by atoms with van der Waals surface area (Å²) in [5.41, 5.74) is 0.518. The average molecular weight is 216 g/mol. The normalized spacial score (nSPS) is 11.3. The molecule has 0 N–H and O–H groups in total. The number of hydrogen-bond donors (Lipinski definition) is 0. The van der Waals surface area contributed by atoms with Crippen LogP contribution in [-0.2, 0) is 14.8 Å². The number of pyridine rings is 1. The molecule has 0 bridgehead atoms. The third-order valence-corrected chi connectivity index (χ3v) is 3.27. The molecule has 0 unspecified atom stereocenters. The highest BCUT2D eigenvalue weighted by Gasteiger charge is 2.17. The number of hydrogen-bond acceptors (Lipinski definition) is 4. The molecule has 0 saturated carbocycles. The molecule has 78 valence electrons. The van der Waals surface area contributed by atoms with E-state index in [-0.39, 0.29) is 5.94 Å². The van der Waals surface area contributed by atoms with Crippen LogP contribution in [0.15, 0.2) is 24.5 Å². The number of rotatable bonds is 4. The number of nitrogens with zero attached hydrogens (tertiary/aromatic N) is 2. The molecule has 0 fully saturated rings. The molecule has 1 rings (SSSR count). The minimum atomic E-state index is -3.39. The Bertz CT molecular complexity index is 377. The quantitative estimate of drug-likeness (QED) is 0.733. The molecule has 1 aromatic rings. The lowest BCUT2D eigenvalue weighted by Gasteiger charge is -2.17. The summed E-state index contributed by atoms with van der Waals surface area (Å²) in [7, 11) is -0.587. The molecule has 0 spiro atoms. The first-order valence-electron chi connectivity index (χ1n) is 3.93. The maximum atomic E-state index is 11.5. The lowest BCUT2D eigenvalue weighted by atomic mass is 10.4. The van der Waals surface area contributed by atoms with Crippen LogP contribution in [0.4, 0.5) is 5.69 Å². The van der Waals surface area contributed by atoms with Gasteiger partial charge in [-0.1, -0.05) is 0 Å². The van der Waals surface area contributed by atoms with Crippen molar-refractivity contribution in [3.05, 3.63) is 24.5 Å². The van der Waals surface area contributed by atoms with Crippen LogP contribution in [0.5, 0.6) is 0 Å². The highest BCUT2D eigenvalue weighted by Crippen LogP contribution is 2.13. The third kappa shape index (κ3) is 2.43. The minimum absolute atomic E-state index is 0.335. The van der Waals surface area contributed by atoms with E-state index in [1.807, 2.05) is 0 Å². The number of sulfonamides is 1. The molecule has 0 aliphatic heterocycles. The Kier molecular flexibility index (Phi) is 3.43. The first-order chi connectivity index (χ1) is 6.58. The second kappa shape index (κ2) is 4.39. The van der Waals surface area contributed by atoms with Gasteiger partial charge < -0.3 is 4.74 Å². The zero-order chi connectivity index (χ0) is 10.6. The van der Waals surface area contributed by atoms with Crippen LogP contribution in [0.25, 0.3) is 0 Å². The Balaban J connectivity index is 2.91. The van der Waals surface area contributed by atoms with Gasteiger partial charge in [0.15, 0.2) is 5.94 Å². The van der Waals surface area contributed by atoms with Crippen molar-refractivity contribution >= 4 is 15.7 Å². The predicted octanol–water partition coefficient (Wildman–Crippen LogP) is 0.451. The zero-order valence-corrected chi connectivity index (χ0v) is 8.86. The average Bonchev–Trinajstić information content (AvgIpc) is 2.18. The van der Waals surface area contributed by atoms with Gasteiger partial charge in [0, 0.05) is 20.4 Å². The molecule has 0 atom stereocenters. The summed E-state index contributed by atoms with van der Waals surface area (Å²) in [6.07, 6.45) is 3.06. The standard InChI is InChI=1S/C8H12N2O3S/c1-10(14(11,12)7-13-2)8-4-3-5-9-6-8/h3-6H,7H2,1-2H3. The smallest absolute Gasteiger partial charge is 0.259 e. The molecule has 0 saturated heterocycles. The number of methoxy groups -OCH3 is 1. The summed E-state index contributed by atoms with van der Waals surface area (Å²) in [5, 5.41) is 0. The molecule has 0 aromatic carbocycles. The van der Waals surface area contributed by atoms with Crippen LogP contribution in [0.2, 0.25) is 0 Å². The van der Waals surface area contributed by atoms with Crippen molar-refractivity contribution in [1.82, 2.24) is 4.98 Å². The lowest BCUT2D eigenvalue weighted by molar-refractivity contribution is 0.249. The highest BCUT2D eigenvalue weighted by molar-refractivity contribution is 7.92. The number of ether oxygens (including phenoxy) is 1. The van der Waals surface area contributed by atoms with Crippen molar-refractivity contribution in [2.45, 2.75) is 0 Å². The van der Waals surface area contributed by atoms with Gasteiger partial charge in [-0.3, -0.25) is 9.29 Å². The summed E-state index contributed by atoms with van der Waals surface area (Å²) in [5.74, 6) is -0.335. The van der Waals surface area contributed by atoms with Gasteiger partial charge in [0.2, 0.25) is 0 Å². The van der Waals surface area contributed by atoms with Gasteiger partial charge >= 0.3 is 0 Å². The van der Waals surface area contributed by atoms with Crippen molar-refractivity contribution in [3.63, 3.8) is 0 Å². The van der Waals surface area contributed by atoms with Crippen LogP contribution in [0.3, 0.4) is 0 Å². The summed E-state index contributed by atoms with van der Waals surface area (Å²) in [6, 6.07) is 3.34. The van der Waals surface area contributed by atoms with Crippen molar-refractivity contribution in [2.75, 3.05) is 24.4 Å². The van der Waals surface area contributed by atoms with E-state index in [1.165, 1.54) is 20.4 Å². The lowest BCUT2D eigenvalue weighted by Crippen LogP contribution is -2.29.